The van der Waals surface area contributed by atoms with Gasteiger partial charge in [-0.2, -0.15) is 0 Å². The molecule has 5 heteroatoms. The van der Waals surface area contributed by atoms with E-state index in [9.17, 15) is 0 Å². The van der Waals surface area contributed by atoms with Crippen molar-refractivity contribution in [1.29, 1.82) is 0 Å². The van der Waals surface area contributed by atoms with E-state index in [1.807, 2.05) is 13.1 Å². The topological polar surface area (TPSA) is 47.0 Å². The smallest absolute Gasteiger partial charge is 0.130 e. The van der Waals surface area contributed by atoms with Gasteiger partial charge in [-0.3, -0.25) is 0 Å². The van der Waals surface area contributed by atoms with E-state index in [-0.39, 0.29) is 0 Å². The van der Waals surface area contributed by atoms with Gasteiger partial charge >= 0.3 is 0 Å². The summed E-state index contributed by atoms with van der Waals surface area (Å²) < 4.78 is 5.51. The fraction of sp³-hybridized carbons (Fsp3) is 0.600. The fourth-order valence-electron chi connectivity index (χ4n) is 1.56. The first kappa shape index (κ1) is 10.7. The van der Waals surface area contributed by atoms with E-state index in [2.05, 4.69) is 22.2 Å². The molecule has 0 aromatic carbocycles. The predicted molar refractivity (Wildman–Crippen MR) is 61.3 cm³/mol. The Morgan fingerprint density at radius 3 is 3.07 bits per heavy atom. The molecular formula is C10H15N3OS. The van der Waals surface area contributed by atoms with E-state index in [0.717, 1.165) is 23.9 Å². The van der Waals surface area contributed by atoms with Gasteiger partial charge in [0.05, 0.1) is 6.10 Å². The van der Waals surface area contributed by atoms with Crippen LogP contribution in [-0.4, -0.2) is 35.0 Å². The number of rotatable bonds is 3. The van der Waals surface area contributed by atoms with Crippen molar-refractivity contribution in [2.75, 3.05) is 19.0 Å². The molecule has 2 unspecified atom stereocenters. The molecule has 0 amide bonds. The molecule has 0 spiro atoms. The molecule has 1 aromatic heterocycles. The molecule has 0 radical (unpaired) electrons. The Bertz CT molecular complexity index is 334. The first-order valence-corrected chi connectivity index (χ1v) is 5.95. The molecule has 1 aliphatic heterocycles. The van der Waals surface area contributed by atoms with Gasteiger partial charge in [-0.15, -0.1) is 11.8 Å². The lowest BCUT2D eigenvalue weighted by Gasteiger charge is -2.12. The van der Waals surface area contributed by atoms with Gasteiger partial charge in [-0.05, 0) is 13.3 Å². The molecule has 0 aliphatic carbocycles. The van der Waals surface area contributed by atoms with Gasteiger partial charge in [0.2, 0.25) is 0 Å². The van der Waals surface area contributed by atoms with Crippen molar-refractivity contribution < 1.29 is 4.74 Å². The number of hydrogen-bond donors (Lipinski definition) is 1. The van der Waals surface area contributed by atoms with Crippen LogP contribution in [0.15, 0.2) is 17.4 Å². The number of hydrogen-bond acceptors (Lipinski definition) is 5. The average molecular weight is 225 g/mol. The largest absolute Gasteiger partial charge is 0.377 e. The molecule has 82 valence electrons. The summed E-state index contributed by atoms with van der Waals surface area (Å²) in [5.41, 5.74) is 0. The number of thioether (sulfide) groups is 1. The van der Waals surface area contributed by atoms with Crippen LogP contribution in [-0.2, 0) is 4.74 Å². The summed E-state index contributed by atoms with van der Waals surface area (Å²) in [4.78, 5) is 8.33. The zero-order valence-electron chi connectivity index (χ0n) is 8.93. The fourth-order valence-corrected chi connectivity index (χ4v) is 2.64. The highest BCUT2D eigenvalue weighted by molar-refractivity contribution is 7.99. The molecule has 1 saturated heterocycles. The van der Waals surface area contributed by atoms with Crippen LogP contribution in [0.25, 0.3) is 0 Å². The summed E-state index contributed by atoms with van der Waals surface area (Å²) in [6, 6.07) is 1.97. The second-order valence-electron chi connectivity index (χ2n) is 3.51. The summed E-state index contributed by atoms with van der Waals surface area (Å²) in [6.45, 7) is 2.98. The normalized spacial score (nSPS) is 25.5. The Balaban J connectivity index is 2.03. The molecule has 2 rings (SSSR count). The van der Waals surface area contributed by atoms with Crippen molar-refractivity contribution in [2.45, 2.75) is 29.7 Å². The third-order valence-electron chi connectivity index (χ3n) is 2.48. The SMILES string of the molecule is CNc1cc(SC2CCOC2C)ncn1. The Kier molecular flexibility index (Phi) is 3.43. The Morgan fingerprint density at radius 1 is 1.53 bits per heavy atom. The lowest BCUT2D eigenvalue weighted by atomic mass is 10.3. The molecule has 1 fully saturated rings. The van der Waals surface area contributed by atoms with Crippen molar-refractivity contribution in [3.8, 4) is 0 Å². The molecule has 2 atom stereocenters. The molecular weight excluding hydrogens is 210 g/mol. The van der Waals surface area contributed by atoms with E-state index >= 15 is 0 Å². The van der Waals surface area contributed by atoms with Gasteiger partial charge in [-0.1, -0.05) is 0 Å². The highest BCUT2D eigenvalue weighted by atomic mass is 32.2. The summed E-state index contributed by atoms with van der Waals surface area (Å²) in [5, 5.41) is 4.54. The van der Waals surface area contributed by atoms with Crippen molar-refractivity contribution in [1.82, 2.24) is 9.97 Å². The van der Waals surface area contributed by atoms with Crippen molar-refractivity contribution in [3.63, 3.8) is 0 Å². The number of aromatic nitrogens is 2. The van der Waals surface area contributed by atoms with Crippen LogP contribution in [0, 0.1) is 0 Å². The highest BCUT2D eigenvalue weighted by Crippen LogP contribution is 2.31. The van der Waals surface area contributed by atoms with Crippen LogP contribution in [0.1, 0.15) is 13.3 Å². The zero-order chi connectivity index (χ0) is 10.7. The summed E-state index contributed by atoms with van der Waals surface area (Å²) in [7, 11) is 1.86. The van der Waals surface area contributed by atoms with E-state index in [4.69, 9.17) is 4.74 Å². The number of ether oxygens (including phenoxy) is 1. The van der Waals surface area contributed by atoms with Gasteiger partial charge in [0.1, 0.15) is 17.2 Å². The molecule has 0 bridgehead atoms. The Labute approximate surface area is 93.8 Å². The van der Waals surface area contributed by atoms with E-state index in [0.29, 0.717) is 11.4 Å². The Hall–Kier alpha value is -0.810. The number of nitrogens with one attached hydrogen (secondary N) is 1. The maximum absolute atomic E-state index is 5.51. The van der Waals surface area contributed by atoms with Crippen LogP contribution < -0.4 is 5.32 Å². The van der Waals surface area contributed by atoms with Crippen LogP contribution in [0.2, 0.25) is 0 Å². The monoisotopic (exact) mass is 225 g/mol. The maximum atomic E-state index is 5.51. The average Bonchev–Trinajstić information content (AvgIpc) is 2.65. The molecule has 1 aromatic rings. The van der Waals surface area contributed by atoms with Gasteiger partial charge in [0, 0.05) is 25.0 Å². The van der Waals surface area contributed by atoms with E-state index in [1.165, 1.54) is 0 Å². The standard InChI is InChI=1S/C10H15N3OS/c1-7-8(3-4-14-7)15-10-5-9(11-2)12-6-13-10/h5-8H,3-4H2,1-2H3,(H,11,12,13). The van der Waals surface area contributed by atoms with Crippen molar-refractivity contribution in [2.24, 2.45) is 0 Å². The molecule has 0 saturated carbocycles. The molecule has 4 nitrogen and oxygen atoms in total. The first-order chi connectivity index (χ1) is 7.29. The van der Waals surface area contributed by atoms with E-state index < -0.39 is 0 Å². The third-order valence-corrected chi connectivity index (χ3v) is 3.86. The maximum Gasteiger partial charge on any atom is 0.130 e. The first-order valence-electron chi connectivity index (χ1n) is 5.07. The quantitative estimate of drug-likeness (QED) is 0.795. The Morgan fingerprint density at radius 2 is 2.40 bits per heavy atom. The number of nitrogens with zero attached hydrogens (tertiary/aromatic N) is 2. The second kappa shape index (κ2) is 4.81. The van der Waals surface area contributed by atoms with Crippen molar-refractivity contribution >= 4 is 17.6 Å². The van der Waals surface area contributed by atoms with Gasteiger partial charge in [0.25, 0.3) is 0 Å². The molecule has 1 aliphatic rings. The second-order valence-corrected chi connectivity index (χ2v) is 4.77. The zero-order valence-corrected chi connectivity index (χ0v) is 9.75. The van der Waals surface area contributed by atoms with Crippen molar-refractivity contribution in [3.05, 3.63) is 12.4 Å². The summed E-state index contributed by atoms with van der Waals surface area (Å²) in [5.74, 6) is 0.860. The van der Waals surface area contributed by atoms with Gasteiger partial charge < -0.3 is 10.1 Å². The van der Waals surface area contributed by atoms with Crippen LogP contribution in [0.4, 0.5) is 5.82 Å². The van der Waals surface area contributed by atoms with Gasteiger partial charge in [-0.25, -0.2) is 9.97 Å². The van der Waals surface area contributed by atoms with Crippen LogP contribution in [0.3, 0.4) is 0 Å². The minimum atomic E-state index is 0.322. The summed E-state index contributed by atoms with van der Waals surface area (Å²) >= 11 is 1.77. The van der Waals surface area contributed by atoms with E-state index in [1.54, 1.807) is 18.1 Å². The minimum Gasteiger partial charge on any atom is -0.377 e. The summed E-state index contributed by atoms with van der Waals surface area (Å²) in [6.07, 6.45) is 3.02. The third kappa shape index (κ3) is 2.60. The van der Waals surface area contributed by atoms with Crippen LogP contribution in [0.5, 0.6) is 0 Å². The van der Waals surface area contributed by atoms with Gasteiger partial charge in [0.15, 0.2) is 0 Å². The molecule has 15 heavy (non-hydrogen) atoms. The highest BCUT2D eigenvalue weighted by Gasteiger charge is 2.25. The molecule has 2 heterocycles. The lowest BCUT2D eigenvalue weighted by molar-refractivity contribution is 0.127. The number of anilines is 1. The molecule has 1 N–H and O–H groups in total. The minimum absolute atomic E-state index is 0.322. The van der Waals surface area contributed by atoms with Crippen LogP contribution >= 0.6 is 11.8 Å². The predicted octanol–water partition coefficient (Wildman–Crippen LogP) is 1.79. The lowest BCUT2D eigenvalue weighted by Crippen LogP contribution is -2.13.